The Morgan fingerprint density at radius 3 is 2.62 bits per heavy atom. The molecule has 0 aliphatic rings. The standard InChI is InChI=1S/C17H20BrNOS/c1-4-19-12(2)13-9-10-16(14(18)11-13)21-17-8-6-5-7-15(17)20-3/h5-12,19H,4H2,1-3H3. The quantitative estimate of drug-likeness (QED) is 0.752. The molecule has 0 aliphatic heterocycles. The molecule has 0 saturated carbocycles. The van der Waals surface area contributed by atoms with Gasteiger partial charge in [-0.2, -0.15) is 0 Å². The predicted octanol–water partition coefficient (Wildman–Crippen LogP) is 5.28. The Morgan fingerprint density at radius 2 is 1.95 bits per heavy atom. The van der Waals surface area contributed by atoms with Gasteiger partial charge in [-0.3, -0.25) is 0 Å². The van der Waals surface area contributed by atoms with E-state index in [2.05, 4.69) is 59.4 Å². The Bertz CT molecular complexity index is 603. The fourth-order valence-electron chi connectivity index (χ4n) is 2.11. The van der Waals surface area contributed by atoms with Gasteiger partial charge in [-0.1, -0.05) is 36.9 Å². The largest absolute Gasteiger partial charge is 0.496 e. The van der Waals surface area contributed by atoms with Crippen LogP contribution in [0.25, 0.3) is 0 Å². The summed E-state index contributed by atoms with van der Waals surface area (Å²) in [5, 5.41) is 3.43. The predicted molar refractivity (Wildman–Crippen MR) is 93.4 cm³/mol. The Balaban J connectivity index is 2.21. The van der Waals surface area contributed by atoms with Crippen molar-refractivity contribution in [3.05, 3.63) is 52.5 Å². The first kappa shape index (κ1) is 16.4. The fraction of sp³-hybridized carbons (Fsp3) is 0.294. The molecule has 0 radical (unpaired) electrons. The molecular formula is C17H20BrNOS. The third kappa shape index (κ3) is 4.25. The van der Waals surface area contributed by atoms with Gasteiger partial charge in [0.05, 0.1) is 12.0 Å². The number of hydrogen-bond acceptors (Lipinski definition) is 3. The molecule has 1 N–H and O–H groups in total. The molecule has 0 heterocycles. The average Bonchev–Trinajstić information content (AvgIpc) is 2.50. The minimum Gasteiger partial charge on any atom is -0.496 e. The number of methoxy groups -OCH3 is 1. The van der Waals surface area contributed by atoms with E-state index < -0.39 is 0 Å². The first-order valence-electron chi connectivity index (χ1n) is 6.99. The lowest BCUT2D eigenvalue weighted by Crippen LogP contribution is -2.17. The van der Waals surface area contributed by atoms with Crippen molar-refractivity contribution < 1.29 is 4.74 Å². The van der Waals surface area contributed by atoms with Gasteiger partial charge in [0.25, 0.3) is 0 Å². The number of rotatable bonds is 6. The highest BCUT2D eigenvalue weighted by Crippen LogP contribution is 2.39. The number of halogens is 1. The molecule has 2 aromatic rings. The second-order valence-corrected chi connectivity index (χ2v) is 6.66. The van der Waals surface area contributed by atoms with Gasteiger partial charge in [0, 0.05) is 15.4 Å². The Kier molecular flexibility index (Phi) is 6.15. The van der Waals surface area contributed by atoms with E-state index in [1.807, 2.05) is 18.2 Å². The van der Waals surface area contributed by atoms with E-state index in [0.29, 0.717) is 6.04 Å². The van der Waals surface area contributed by atoms with Gasteiger partial charge in [0.2, 0.25) is 0 Å². The van der Waals surface area contributed by atoms with Crippen molar-refractivity contribution in [2.45, 2.75) is 29.7 Å². The molecule has 2 aromatic carbocycles. The van der Waals surface area contributed by atoms with Crippen molar-refractivity contribution in [2.75, 3.05) is 13.7 Å². The number of nitrogens with one attached hydrogen (secondary N) is 1. The van der Waals surface area contributed by atoms with Crippen LogP contribution in [0.2, 0.25) is 0 Å². The molecular weight excluding hydrogens is 346 g/mol. The Morgan fingerprint density at radius 1 is 1.19 bits per heavy atom. The van der Waals surface area contributed by atoms with Crippen LogP contribution in [0.15, 0.2) is 56.7 Å². The summed E-state index contributed by atoms with van der Waals surface area (Å²) in [6, 6.07) is 14.9. The van der Waals surface area contributed by atoms with Gasteiger partial charge in [-0.15, -0.1) is 0 Å². The van der Waals surface area contributed by atoms with Crippen LogP contribution in [-0.2, 0) is 0 Å². The molecule has 112 valence electrons. The Hall–Kier alpha value is -0.970. The first-order chi connectivity index (χ1) is 10.2. The zero-order chi connectivity index (χ0) is 15.2. The molecule has 0 aromatic heterocycles. The molecule has 0 fully saturated rings. The van der Waals surface area contributed by atoms with E-state index in [0.717, 1.165) is 21.7 Å². The van der Waals surface area contributed by atoms with Crippen molar-refractivity contribution in [1.29, 1.82) is 0 Å². The van der Waals surface area contributed by atoms with Gasteiger partial charge in [0.15, 0.2) is 0 Å². The summed E-state index contributed by atoms with van der Waals surface area (Å²) in [4.78, 5) is 2.31. The van der Waals surface area contributed by atoms with E-state index in [1.54, 1.807) is 18.9 Å². The van der Waals surface area contributed by atoms with Crippen LogP contribution >= 0.6 is 27.7 Å². The van der Waals surface area contributed by atoms with E-state index in [4.69, 9.17) is 4.74 Å². The smallest absolute Gasteiger partial charge is 0.132 e. The Labute approximate surface area is 139 Å². The zero-order valence-electron chi connectivity index (χ0n) is 12.5. The first-order valence-corrected chi connectivity index (χ1v) is 8.60. The van der Waals surface area contributed by atoms with Crippen molar-refractivity contribution in [3.63, 3.8) is 0 Å². The van der Waals surface area contributed by atoms with E-state index in [-0.39, 0.29) is 0 Å². The topological polar surface area (TPSA) is 21.3 Å². The fourth-order valence-corrected chi connectivity index (χ4v) is 3.68. The second kappa shape index (κ2) is 7.87. The summed E-state index contributed by atoms with van der Waals surface area (Å²) >= 11 is 5.39. The van der Waals surface area contributed by atoms with Crippen molar-refractivity contribution in [2.24, 2.45) is 0 Å². The lowest BCUT2D eigenvalue weighted by atomic mass is 10.1. The van der Waals surface area contributed by atoms with Gasteiger partial charge < -0.3 is 10.1 Å². The highest BCUT2D eigenvalue weighted by atomic mass is 79.9. The minimum atomic E-state index is 0.358. The average molecular weight is 366 g/mol. The lowest BCUT2D eigenvalue weighted by Gasteiger charge is -2.15. The molecule has 1 unspecified atom stereocenters. The molecule has 0 amide bonds. The third-order valence-electron chi connectivity index (χ3n) is 3.26. The summed E-state index contributed by atoms with van der Waals surface area (Å²) < 4.78 is 6.52. The van der Waals surface area contributed by atoms with E-state index in [9.17, 15) is 0 Å². The van der Waals surface area contributed by atoms with Crippen molar-refractivity contribution in [1.82, 2.24) is 5.32 Å². The van der Waals surface area contributed by atoms with Crippen molar-refractivity contribution >= 4 is 27.7 Å². The lowest BCUT2D eigenvalue weighted by molar-refractivity contribution is 0.405. The maximum atomic E-state index is 5.41. The zero-order valence-corrected chi connectivity index (χ0v) is 14.9. The van der Waals surface area contributed by atoms with Gasteiger partial charge in [-0.25, -0.2) is 0 Å². The van der Waals surface area contributed by atoms with E-state index in [1.165, 1.54) is 10.5 Å². The summed E-state index contributed by atoms with van der Waals surface area (Å²) in [5.41, 5.74) is 1.29. The van der Waals surface area contributed by atoms with Crippen molar-refractivity contribution in [3.8, 4) is 5.75 Å². The summed E-state index contributed by atoms with van der Waals surface area (Å²) in [7, 11) is 1.70. The number of para-hydroxylation sites is 1. The summed E-state index contributed by atoms with van der Waals surface area (Å²) in [5.74, 6) is 0.902. The van der Waals surface area contributed by atoms with Gasteiger partial charge >= 0.3 is 0 Å². The highest BCUT2D eigenvalue weighted by Gasteiger charge is 2.10. The molecule has 0 aliphatic carbocycles. The van der Waals surface area contributed by atoms with Crippen LogP contribution in [0.1, 0.15) is 25.5 Å². The second-order valence-electron chi connectivity index (χ2n) is 4.72. The molecule has 4 heteroatoms. The van der Waals surface area contributed by atoms with Crippen LogP contribution in [0.3, 0.4) is 0 Å². The molecule has 0 spiro atoms. The van der Waals surface area contributed by atoms with Crippen LogP contribution in [-0.4, -0.2) is 13.7 Å². The van der Waals surface area contributed by atoms with Gasteiger partial charge in [-0.05, 0) is 59.2 Å². The number of benzene rings is 2. The summed E-state index contributed by atoms with van der Waals surface area (Å²) in [6.07, 6.45) is 0. The maximum absolute atomic E-state index is 5.41. The molecule has 1 atom stereocenters. The van der Waals surface area contributed by atoms with Crippen LogP contribution in [0.5, 0.6) is 5.75 Å². The molecule has 21 heavy (non-hydrogen) atoms. The molecule has 0 saturated heterocycles. The molecule has 2 nitrogen and oxygen atoms in total. The molecule has 2 rings (SSSR count). The summed E-state index contributed by atoms with van der Waals surface area (Å²) in [6.45, 7) is 5.27. The maximum Gasteiger partial charge on any atom is 0.132 e. The SMILES string of the molecule is CCNC(C)c1ccc(Sc2ccccc2OC)c(Br)c1. The third-order valence-corrected chi connectivity index (χ3v) is 5.31. The normalized spacial score (nSPS) is 12.2. The molecule has 0 bridgehead atoms. The minimum absolute atomic E-state index is 0.358. The number of hydrogen-bond donors (Lipinski definition) is 1. The van der Waals surface area contributed by atoms with Crippen LogP contribution < -0.4 is 10.1 Å². The van der Waals surface area contributed by atoms with Gasteiger partial charge in [0.1, 0.15) is 5.75 Å². The van der Waals surface area contributed by atoms with Crippen LogP contribution in [0.4, 0.5) is 0 Å². The van der Waals surface area contributed by atoms with E-state index >= 15 is 0 Å². The van der Waals surface area contributed by atoms with Crippen LogP contribution in [0, 0.1) is 0 Å². The highest BCUT2D eigenvalue weighted by molar-refractivity contribution is 9.10. The monoisotopic (exact) mass is 365 g/mol. The number of ether oxygens (including phenoxy) is 1.